The minimum absolute atomic E-state index is 0.517. The van der Waals surface area contributed by atoms with Crippen molar-refractivity contribution in [3.05, 3.63) is 28.1 Å². The van der Waals surface area contributed by atoms with Crippen LogP contribution in [0, 0.1) is 0 Å². The summed E-state index contributed by atoms with van der Waals surface area (Å²) >= 11 is 13.6. The topological polar surface area (TPSA) is 9.23 Å². The first-order valence-electron chi connectivity index (χ1n) is 4.06. The Morgan fingerprint density at radius 2 is 2.21 bits per heavy atom. The Kier molecular flexibility index (Phi) is 2.86. The van der Waals surface area contributed by atoms with Gasteiger partial charge in [-0.1, -0.05) is 11.6 Å². The monoisotopic (exact) mass is 246 g/mol. The molecule has 2 rings (SSSR count). The van der Waals surface area contributed by atoms with Crippen LogP contribution in [-0.2, 0) is 5.88 Å². The summed E-state index contributed by atoms with van der Waals surface area (Å²) in [6, 6.07) is 3.86. The fourth-order valence-electron chi connectivity index (χ4n) is 1.36. The van der Waals surface area contributed by atoms with Gasteiger partial charge in [0, 0.05) is 5.88 Å². The highest BCUT2D eigenvalue weighted by Crippen LogP contribution is 2.38. The zero-order chi connectivity index (χ0) is 10.1. The van der Waals surface area contributed by atoms with Crippen molar-refractivity contribution in [2.75, 3.05) is 7.11 Å². The number of alkyl halides is 1. The molecule has 0 amide bonds. The van der Waals surface area contributed by atoms with E-state index in [4.69, 9.17) is 27.9 Å². The Hall–Kier alpha value is -0.440. The van der Waals surface area contributed by atoms with E-state index >= 15 is 0 Å². The first-order valence-corrected chi connectivity index (χ1v) is 5.85. The third kappa shape index (κ3) is 1.48. The van der Waals surface area contributed by atoms with Gasteiger partial charge < -0.3 is 4.74 Å². The molecule has 0 aliphatic carbocycles. The van der Waals surface area contributed by atoms with Gasteiger partial charge >= 0.3 is 0 Å². The van der Waals surface area contributed by atoms with Gasteiger partial charge in [0.2, 0.25) is 0 Å². The van der Waals surface area contributed by atoms with Crippen molar-refractivity contribution in [3.8, 4) is 5.75 Å². The Labute approximate surface area is 96.2 Å². The third-order valence-corrected chi connectivity index (χ3v) is 3.93. The van der Waals surface area contributed by atoms with Crippen LogP contribution < -0.4 is 4.74 Å². The van der Waals surface area contributed by atoms with Crippen LogP contribution in [-0.4, -0.2) is 7.11 Å². The molecule has 0 radical (unpaired) electrons. The molecule has 0 unspecified atom stereocenters. The lowest BCUT2D eigenvalue weighted by molar-refractivity contribution is 0.415. The molecule has 0 bridgehead atoms. The molecule has 0 N–H and O–H groups in total. The van der Waals surface area contributed by atoms with Crippen LogP contribution in [0.5, 0.6) is 5.75 Å². The number of thiophene rings is 1. The average Bonchev–Trinajstić information content (AvgIpc) is 2.62. The molecule has 0 aliphatic heterocycles. The maximum Gasteiger partial charge on any atom is 0.138 e. The van der Waals surface area contributed by atoms with Crippen LogP contribution in [0.3, 0.4) is 0 Å². The van der Waals surface area contributed by atoms with Gasteiger partial charge in [0.25, 0.3) is 0 Å². The fraction of sp³-hybridized carbons (Fsp3) is 0.200. The van der Waals surface area contributed by atoms with Gasteiger partial charge in [0.05, 0.1) is 11.8 Å². The number of hydrogen-bond acceptors (Lipinski definition) is 2. The number of fused-ring (bicyclic) bond motifs is 1. The molecule has 0 saturated heterocycles. The van der Waals surface area contributed by atoms with E-state index in [-0.39, 0.29) is 0 Å². The van der Waals surface area contributed by atoms with Gasteiger partial charge in [-0.3, -0.25) is 0 Å². The summed E-state index contributed by atoms with van der Waals surface area (Å²) in [7, 11) is 1.61. The van der Waals surface area contributed by atoms with Gasteiger partial charge in [-0.2, -0.15) is 0 Å². The predicted octanol–water partition coefficient (Wildman–Crippen LogP) is 4.30. The lowest BCUT2D eigenvalue weighted by Crippen LogP contribution is -1.83. The largest absolute Gasteiger partial charge is 0.495 e. The van der Waals surface area contributed by atoms with Crippen molar-refractivity contribution in [1.82, 2.24) is 0 Å². The Bertz CT molecular complexity index is 464. The average molecular weight is 247 g/mol. The second-order valence-corrected chi connectivity index (χ2v) is 4.38. The Balaban J connectivity index is 2.72. The van der Waals surface area contributed by atoms with E-state index < -0.39 is 0 Å². The minimum Gasteiger partial charge on any atom is -0.495 e. The number of hydrogen-bond donors (Lipinski definition) is 0. The maximum absolute atomic E-state index is 6.15. The van der Waals surface area contributed by atoms with Gasteiger partial charge in [-0.05, 0) is 28.5 Å². The molecule has 1 nitrogen and oxygen atoms in total. The van der Waals surface area contributed by atoms with Crippen LogP contribution in [0.2, 0.25) is 5.02 Å². The van der Waals surface area contributed by atoms with Crippen molar-refractivity contribution in [2.24, 2.45) is 0 Å². The molecule has 4 heteroatoms. The van der Waals surface area contributed by atoms with E-state index in [9.17, 15) is 0 Å². The smallest absolute Gasteiger partial charge is 0.138 e. The molecule has 1 aromatic carbocycles. The van der Waals surface area contributed by atoms with E-state index in [0.29, 0.717) is 16.7 Å². The molecule has 0 saturated carbocycles. The zero-order valence-corrected chi connectivity index (χ0v) is 9.84. The quantitative estimate of drug-likeness (QED) is 0.719. The number of rotatable bonds is 2. The van der Waals surface area contributed by atoms with Gasteiger partial charge in [0.1, 0.15) is 10.8 Å². The van der Waals surface area contributed by atoms with E-state index in [2.05, 4.69) is 0 Å². The van der Waals surface area contributed by atoms with Crippen LogP contribution in [0.25, 0.3) is 10.1 Å². The summed E-state index contributed by atoms with van der Waals surface area (Å²) in [5.41, 5.74) is 1.12. The van der Waals surface area contributed by atoms with Gasteiger partial charge in [0.15, 0.2) is 0 Å². The Morgan fingerprint density at radius 3 is 2.86 bits per heavy atom. The van der Waals surface area contributed by atoms with Crippen LogP contribution in [0.1, 0.15) is 5.56 Å². The van der Waals surface area contributed by atoms with E-state index in [1.807, 2.05) is 17.5 Å². The van der Waals surface area contributed by atoms with E-state index in [1.54, 1.807) is 18.4 Å². The van der Waals surface area contributed by atoms with Crippen molar-refractivity contribution in [1.29, 1.82) is 0 Å². The summed E-state index contributed by atoms with van der Waals surface area (Å²) in [5.74, 6) is 1.23. The van der Waals surface area contributed by atoms with Crippen molar-refractivity contribution >= 4 is 44.6 Å². The lowest BCUT2D eigenvalue weighted by atomic mass is 10.2. The molecule has 1 aromatic heterocycles. The summed E-state index contributed by atoms with van der Waals surface area (Å²) in [6.07, 6.45) is 0. The normalized spacial score (nSPS) is 10.8. The molecule has 74 valence electrons. The predicted molar refractivity (Wildman–Crippen MR) is 62.9 cm³/mol. The van der Waals surface area contributed by atoms with Crippen LogP contribution in [0.15, 0.2) is 17.5 Å². The van der Waals surface area contributed by atoms with Crippen molar-refractivity contribution < 1.29 is 4.74 Å². The number of methoxy groups -OCH3 is 1. The number of benzene rings is 1. The second kappa shape index (κ2) is 3.97. The van der Waals surface area contributed by atoms with Gasteiger partial charge in [-0.25, -0.2) is 0 Å². The molecule has 0 spiro atoms. The van der Waals surface area contributed by atoms with Crippen LogP contribution in [0.4, 0.5) is 0 Å². The summed E-state index contributed by atoms with van der Waals surface area (Å²) < 4.78 is 6.18. The lowest BCUT2D eigenvalue weighted by Gasteiger charge is -2.03. The van der Waals surface area contributed by atoms with E-state index in [0.717, 1.165) is 15.6 Å². The molecule has 0 fully saturated rings. The second-order valence-electron chi connectivity index (χ2n) is 2.85. The molecule has 14 heavy (non-hydrogen) atoms. The first kappa shape index (κ1) is 10.1. The van der Waals surface area contributed by atoms with E-state index in [1.165, 1.54) is 0 Å². The third-order valence-electron chi connectivity index (χ3n) is 2.09. The molecular formula is C10H8Cl2OS. The Morgan fingerprint density at radius 1 is 1.43 bits per heavy atom. The minimum atomic E-state index is 0.517. The molecule has 0 atom stereocenters. The molecule has 2 aromatic rings. The summed E-state index contributed by atoms with van der Waals surface area (Å²) in [6.45, 7) is 0. The van der Waals surface area contributed by atoms with Crippen molar-refractivity contribution in [2.45, 2.75) is 5.88 Å². The van der Waals surface area contributed by atoms with Crippen molar-refractivity contribution in [3.63, 3.8) is 0 Å². The molecular weight excluding hydrogens is 239 g/mol. The SMILES string of the molecule is COc1ccc2c(CCl)csc2c1Cl. The first-order chi connectivity index (χ1) is 6.77. The fourth-order valence-corrected chi connectivity index (χ4v) is 3.05. The zero-order valence-electron chi connectivity index (χ0n) is 7.51. The van der Waals surface area contributed by atoms with Gasteiger partial charge in [-0.15, -0.1) is 22.9 Å². The number of ether oxygens (including phenoxy) is 1. The van der Waals surface area contributed by atoms with Crippen LogP contribution >= 0.6 is 34.5 Å². The highest BCUT2D eigenvalue weighted by molar-refractivity contribution is 7.18. The molecule has 0 aliphatic rings. The molecule has 1 heterocycles. The standard InChI is InChI=1S/C10H8Cl2OS/c1-13-8-3-2-7-6(4-11)5-14-10(7)9(8)12/h2-3,5H,4H2,1H3. The maximum atomic E-state index is 6.15. The summed E-state index contributed by atoms with van der Waals surface area (Å²) in [4.78, 5) is 0. The highest BCUT2D eigenvalue weighted by atomic mass is 35.5. The summed E-state index contributed by atoms with van der Waals surface area (Å²) in [5, 5.41) is 3.82. The highest BCUT2D eigenvalue weighted by Gasteiger charge is 2.10. The number of halogens is 2.